The summed E-state index contributed by atoms with van der Waals surface area (Å²) in [6.45, 7) is 3.13. The molecule has 0 aliphatic rings. The van der Waals surface area contributed by atoms with E-state index >= 15 is 0 Å². The molecule has 0 aliphatic heterocycles. The van der Waals surface area contributed by atoms with Crippen LogP contribution in [0.2, 0.25) is 6.04 Å². The van der Waals surface area contributed by atoms with Crippen molar-refractivity contribution >= 4 is 9.28 Å². The number of rotatable bonds is 8. The van der Waals surface area contributed by atoms with E-state index in [1.54, 1.807) is 14.2 Å². The van der Waals surface area contributed by atoms with Gasteiger partial charge in [0.2, 0.25) is 0 Å². The molecule has 0 radical (unpaired) electrons. The largest absolute Gasteiger partial charge is 0.400 e. The molecular weight excluding hydrogens is 230 g/mol. The Labute approximate surface area is 106 Å². The molecule has 1 N–H and O–H groups in total. The maximum atomic E-state index is 5.30. The summed E-state index contributed by atoms with van der Waals surface area (Å²) in [5.41, 5.74) is 1.33. The van der Waals surface area contributed by atoms with Gasteiger partial charge in [-0.1, -0.05) is 30.3 Å². The predicted octanol–water partition coefficient (Wildman–Crippen LogP) is 2.07. The lowest BCUT2D eigenvalue weighted by atomic mass is 10.2. The average Bonchev–Trinajstić information content (AvgIpc) is 2.39. The minimum Gasteiger partial charge on any atom is -0.400 e. The third-order valence-electron chi connectivity index (χ3n) is 2.86. The van der Waals surface area contributed by atoms with Crippen molar-refractivity contribution < 1.29 is 8.85 Å². The SMILES string of the molecule is CO[SiH](CCC(C)NCc1ccccc1)OC. The molecule has 0 bridgehead atoms. The maximum Gasteiger partial charge on any atom is 0.320 e. The van der Waals surface area contributed by atoms with E-state index in [2.05, 4.69) is 36.5 Å². The van der Waals surface area contributed by atoms with Crippen molar-refractivity contribution in [1.29, 1.82) is 0 Å². The molecule has 0 saturated heterocycles. The van der Waals surface area contributed by atoms with E-state index in [0.29, 0.717) is 6.04 Å². The number of hydrogen-bond donors (Lipinski definition) is 1. The van der Waals surface area contributed by atoms with E-state index in [4.69, 9.17) is 8.85 Å². The second kappa shape index (κ2) is 8.41. The van der Waals surface area contributed by atoms with Crippen LogP contribution in [-0.2, 0) is 15.4 Å². The van der Waals surface area contributed by atoms with E-state index in [0.717, 1.165) is 19.0 Å². The molecular formula is C13H23NO2Si. The summed E-state index contributed by atoms with van der Waals surface area (Å²) in [5, 5.41) is 3.51. The number of benzene rings is 1. The van der Waals surface area contributed by atoms with Crippen LogP contribution in [0.1, 0.15) is 18.9 Å². The first kappa shape index (κ1) is 14.4. The summed E-state index contributed by atoms with van der Waals surface area (Å²) in [5.74, 6) is 0. The Morgan fingerprint density at radius 2 is 1.82 bits per heavy atom. The van der Waals surface area contributed by atoms with Gasteiger partial charge in [0.1, 0.15) is 0 Å². The molecule has 4 heteroatoms. The second-order valence-corrected chi connectivity index (χ2v) is 6.63. The van der Waals surface area contributed by atoms with E-state index in [1.165, 1.54) is 5.56 Å². The van der Waals surface area contributed by atoms with Crippen LogP contribution in [0.15, 0.2) is 30.3 Å². The molecule has 0 spiro atoms. The third-order valence-corrected chi connectivity index (χ3v) is 4.71. The molecule has 1 aromatic carbocycles. The molecule has 96 valence electrons. The van der Waals surface area contributed by atoms with Crippen molar-refractivity contribution in [1.82, 2.24) is 5.32 Å². The molecule has 0 heterocycles. The summed E-state index contributed by atoms with van der Waals surface area (Å²) >= 11 is 0. The summed E-state index contributed by atoms with van der Waals surface area (Å²) in [7, 11) is 2.09. The fourth-order valence-corrected chi connectivity index (χ4v) is 3.14. The zero-order valence-electron chi connectivity index (χ0n) is 11.0. The average molecular weight is 253 g/mol. The van der Waals surface area contributed by atoms with Gasteiger partial charge in [0.25, 0.3) is 0 Å². The van der Waals surface area contributed by atoms with Crippen molar-refractivity contribution in [2.45, 2.75) is 32.0 Å². The highest BCUT2D eigenvalue weighted by Crippen LogP contribution is 2.05. The lowest BCUT2D eigenvalue weighted by molar-refractivity contribution is 0.274. The molecule has 0 aromatic heterocycles. The lowest BCUT2D eigenvalue weighted by Crippen LogP contribution is -2.28. The Hall–Kier alpha value is -0.683. The van der Waals surface area contributed by atoms with E-state index in [1.807, 2.05) is 6.07 Å². The summed E-state index contributed by atoms with van der Waals surface area (Å²) in [4.78, 5) is 0. The first-order valence-corrected chi connectivity index (χ1v) is 7.85. The highest BCUT2D eigenvalue weighted by Gasteiger charge is 2.11. The molecule has 1 atom stereocenters. The Bertz CT molecular complexity index is 291. The van der Waals surface area contributed by atoms with Crippen LogP contribution in [0.5, 0.6) is 0 Å². The van der Waals surface area contributed by atoms with Crippen molar-refractivity contribution in [2.75, 3.05) is 14.2 Å². The fraction of sp³-hybridized carbons (Fsp3) is 0.538. The van der Waals surface area contributed by atoms with Gasteiger partial charge in [-0.05, 0) is 25.0 Å². The van der Waals surface area contributed by atoms with Gasteiger partial charge in [-0.15, -0.1) is 0 Å². The standard InChI is InChI=1S/C13H23NO2Si/c1-12(9-10-17(15-2)16-3)14-11-13-7-5-4-6-8-13/h4-8,12,14,17H,9-11H2,1-3H3. The molecule has 1 rings (SSSR count). The van der Waals surface area contributed by atoms with Crippen LogP contribution in [0.25, 0.3) is 0 Å². The van der Waals surface area contributed by atoms with E-state index in [9.17, 15) is 0 Å². The van der Waals surface area contributed by atoms with Crippen molar-refractivity contribution in [3.05, 3.63) is 35.9 Å². The van der Waals surface area contributed by atoms with Crippen LogP contribution >= 0.6 is 0 Å². The van der Waals surface area contributed by atoms with Gasteiger partial charge in [0.15, 0.2) is 0 Å². The molecule has 17 heavy (non-hydrogen) atoms. The monoisotopic (exact) mass is 253 g/mol. The van der Waals surface area contributed by atoms with Gasteiger partial charge in [0, 0.05) is 26.8 Å². The normalized spacial score (nSPS) is 12.9. The summed E-state index contributed by atoms with van der Waals surface area (Å²) < 4.78 is 10.6. The zero-order chi connectivity index (χ0) is 12.5. The lowest BCUT2D eigenvalue weighted by Gasteiger charge is -2.16. The van der Waals surface area contributed by atoms with Crippen molar-refractivity contribution in [3.8, 4) is 0 Å². The van der Waals surface area contributed by atoms with E-state index in [-0.39, 0.29) is 0 Å². The zero-order valence-corrected chi connectivity index (χ0v) is 12.1. The first-order chi connectivity index (χ1) is 8.26. The summed E-state index contributed by atoms with van der Waals surface area (Å²) in [6, 6.07) is 12.0. The summed E-state index contributed by atoms with van der Waals surface area (Å²) in [6.07, 6.45) is 1.10. The van der Waals surface area contributed by atoms with Gasteiger partial charge in [-0.25, -0.2) is 0 Å². The van der Waals surface area contributed by atoms with Crippen LogP contribution in [-0.4, -0.2) is 29.5 Å². The Kier molecular flexibility index (Phi) is 7.12. The number of nitrogens with one attached hydrogen (secondary N) is 1. The molecule has 0 amide bonds. The van der Waals surface area contributed by atoms with E-state index < -0.39 is 9.28 Å². The highest BCUT2D eigenvalue weighted by atomic mass is 28.3. The molecule has 0 aliphatic carbocycles. The molecule has 1 unspecified atom stereocenters. The Morgan fingerprint density at radius 1 is 1.18 bits per heavy atom. The topological polar surface area (TPSA) is 30.5 Å². The first-order valence-electron chi connectivity index (χ1n) is 6.09. The van der Waals surface area contributed by atoms with Gasteiger partial charge in [-0.2, -0.15) is 0 Å². The third kappa shape index (κ3) is 5.98. The fourth-order valence-electron chi connectivity index (χ4n) is 1.71. The maximum absolute atomic E-state index is 5.30. The second-order valence-electron chi connectivity index (χ2n) is 4.25. The molecule has 3 nitrogen and oxygen atoms in total. The molecule has 1 aromatic rings. The van der Waals surface area contributed by atoms with Gasteiger partial charge < -0.3 is 14.2 Å². The minimum atomic E-state index is -1.39. The van der Waals surface area contributed by atoms with Crippen LogP contribution in [0.4, 0.5) is 0 Å². The van der Waals surface area contributed by atoms with Crippen LogP contribution in [0.3, 0.4) is 0 Å². The molecule has 0 fully saturated rings. The van der Waals surface area contributed by atoms with Gasteiger partial charge >= 0.3 is 9.28 Å². The van der Waals surface area contributed by atoms with Crippen molar-refractivity contribution in [3.63, 3.8) is 0 Å². The van der Waals surface area contributed by atoms with Gasteiger partial charge in [0.05, 0.1) is 0 Å². The predicted molar refractivity (Wildman–Crippen MR) is 73.3 cm³/mol. The molecule has 0 saturated carbocycles. The minimum absolute atomic E-state index is 0.496. The Morgan fingerprint density at radius 3 is 2.41 bits per heavy atom. The van der Waals surface area contributed by atoms with Crippen LogP contribution < -0.4 is 5.32 Å². The van der Waals surface area contributed by atoms with Gasteiger partial charge in [-0.3, -0.25) is 0 Å². The van der Waals surface area contributed by atoms with Crippen molar-refractivity contribution in [2.24, 2.45) is 0 Å². The quantitative estimate of drug-likeness (QED) is 0.720. The number of hydrogen-bond acceptors (Lipinski definition) is 3. The van der Waals surface area contributed by atoms with Crippen LogP contribution in [0, 0.1) is 0 Å². The smallest absolute Gasteiger partial charge is 0.320 e. The highest BCUT2D eigenvalue weighted by molar-refractivity contribution is 6.44. The Balaban J connectivity index is 2.19.